The number of hydrogen-bond acceptors (Lipinski definition) is 9. The van der Waals surface area contributed by atoms with Crippen LogP contribution in [-0.4, -0.2) is 81.7 Å². The molecule has 0 fully saturated rings. The van der Waals surface area contributed by atoms with Crippen LogP contribution in [0, 0.1) is 0 Å². The predicted molar refractivity (Wildman–Crippen MR) is 130 cm³/mol. The van der Waals surface area contributed by atoms with Crippen LogP contribution in [-0.2, 0) is 30.3 Å². The molecule has 1 aromatic heterocycles. The number of nitrogens with zero attached hydrogens (tertiary/aromatic N) is 2. The molecule has 190 valence electrons. The summed E-state index contributed by atoms with van der Waals surface area (Å²) < 4.78 is 28.4. The molecule has 0 aliphatic carbocycles. The molecular formula is C24H30N2O8S. The van der Waals surface area contributed by atoms with Crippen LogP contribution >= 0.6 is 11.3 Å². The highest BCUT2D eigenvalue weighted by Crippen LogP contribution is 2.30. The topological polar surface area (TPSA) is 106 Å². The zero-order chi connectivity index (χ0) is 25.2. The third-order valence-corrected chi connectivity index (χ3v) is 6.16. The minimum absolute atomic E-state index is 0.196. The van der Waals surface area contributed by atoms with Crippen molar-refractivity contribution >= 4 is 35.4 Å². The lowest BCUT2D eigenvalue weighted by atomic mass is 10.2. The van der Waals surface area contributed by atoms with Crippen LogP contribution in [0.25, 0.3) is 12.2 Å². The normalized spacial score (nSPS) is 13.7. The van der Waals surface area contributed by atoms with Gasteiger partial charge in [-0.2, -0.15) is 0 Å². The summed E-state index contributed by atoms with van der Waals surface area (Å²) in [5.74, 6) is 0.369. The van der Waals surface area contributed by atoms with E-state index in [1.807, 2.05) is 6.07 Å². The van der Waals surface area contributed by atoms with Gasteiger partial charge in [-0.1, -0.05) is 6.07 Å². The van der Waals surface area contributed by atoms with Gasteiger partial charge in [-0.25, -0.2) is 4.79 Å². The van der Waals surface area contributed by atoms with Gasteiger partial charge < -0.3 is 28.6 Å². The highest BCUT2D eigenvalue weighted by molar-refractivity contribution is 7.07. The van der Waals surface area contributed by atoms with Gasteiger partial charge in [0.05, 0.1) is 30.4 Å². The van der Waals surface area contributed by atoms with Crippen LogP contribution in [0.3, 0.4) is 0 Å². The first-order valence-corrected chi connectivity index (χ1v) is 12.0. The molecule has 0 atom stereocenters. The second-order valence-electron chi connectivity index (χ2n) is 7.51. The molecule has 10 nitrogen and oxygen atoms in total. The van der Waals surface area contributed by atoms with E-state index in [2.05, 4.69) is 0 Å². The van der Waals surface area contributed by atoms with E-state index in [9.17, 15) is 14.4 Å². The fourth-order valence-electron chi connectivity index (χ4n) is 3.38. The Hall–Kier alpha value is -3.15. The number of carbonyl (C=O) groups excluding carboxylic acids is 2. The molecule has 1 aliphatic heterocycles. The van der Waals surface area contributed by atoms with Crippen LogP contribution in [0.5, 0.6) is 11.5 Å². The maximum atomic E-state index is 13.3. The van der Waals surface area contributed by atoms with E-state index < -0.39 is 5.97 Å². The number of fused-ring (bicyclic) bond motifs is 1. The summed E-state index contributed by atoms with van der Waals surface area (Å²) in [5, 5.41) is 0. The number of esters is 1. The van der Waals surface area contributed by atoms with Crippen molar-refractivity contribution in [2.24, 2.45) is 0 Å². The van der Waals surface area contributed by atoms with Crippen LogP contribution in [0.2, 0.25) is 0 Å². The van der Waals surface area contributed by atoms with Crippen molar-refractivity contribution in [2.45, 2.75) is 13.5 Å². The largest absolute Gasteiger partial charge is 0.486 e. The number of hydrogen-bond donors (Lipinski definition) is 0. The molecule has 0 N–H and O–H groups in total. The first-order valence-electron chi connectivity index (χ1n) is 11.2. The van der Waals surface area contributed by atoms with Crippen molar-refractivity contribution < 1.29 is 33.3 Å². The van der Waals surface area contributed by atoms with Crippen molar-refractivity contribution in [2.75, 3.05) is 60.3 Å². The Morgan fingerprint density at radius 3 is 2.46 bits per heavy atom. The van der Waals surface area contributed by atoms with E-state index in [1.165, 1.54) is 10.6 Å². The van der Waals surface area contributed by atoms with E-state index >= 15 is 0 Å². The van der Waals surface area contributed by atoms with Crippen LogP contribution in [0.1, 0.15) is 12.5 Å². The third-order valence-electron chi connectivity index (χ3n) is 5.11. The molecule has 0 radical (unpaired) electrons. The third kappa shape index (κ3) is 7.17. The molecule has 0 bridgehead atoms. The number of rotatable bonds is 11. The Labute approximate surface area is 206 Å². The first-order chi connectivity index (χ1) is 17.0. The van der Waals surface area contributed by atoms with Gasteiger partial charge in [0.25, 0.3) is 5.56 Å². The quantitative estimate of drug-likeness (QED) is 0.392. The monoisotopic (exact) mass is 506 g/mol. The Morgan fingerprint density at radius 1 is 1.11 bits per heavy atom. The van der Waals surface area contributed by atoms with Gasteiger partial charge >= 0.3 is 5.97 Å². The molecule has 2 heterocycles. The SMILES string of the molecule is CCOC(=O)/C=c1/s/c(=C\c2ccc3c(c2)OCCO3)c(=O)n1CC(=O)N(CCOC)CCOC. The predicted octanol–water partition coefficient (Wildman–Crippen LogP) is -0.0252. The summed E-state index contributed by atoms with van der Waals surface area (Å²) in [6.45, 7) is 3.99. The van der Waals surface area contributed by atoms with Gasteiger partial charge in [-0.05, 0) is 30.7 Å². The summed E-state index contributed by atoms with van der Waals surface area (Å²) in [6.07, 6.45) is 2.93. The maximum absolute atomic E-state index is 13.3. The fourth-order valence-corrected chi connectivity index (χ4v) is 4.41. The van der Waals surface area contributed by atoms with Crippen LogP contribution < -0.4 is 24.2 Å². The van der Waals surface area contributed by atoms with Crippen LogP contribution in [0.15, 0.2) is 23.0 Å². The highest BCUT2D eigenvalue weighted by Gasteiger charge is 2.17. The Kier molecular flexibility index (Phi) is 9.88. The molecule has 0 saturated carbocycles. The molecule has 35 heavy (non-hydrogen) atoms. The molecule has 1 aliphatic rings. The second kappa shape index (κ2) is 13.1. The molecule has 3 rings (SSSR count). The van der Waals surface area contributed by atoms with Crippen LogP contribution in [0.4, 0.5) is 0 Å². The van der Waals surface area contributed by atoms with Crippen molar-refractivity contribution in [3.63, 3.8) is 0 Å². The average molecular weight is 507 g/mol. The minimum atomic E-state index is -0.587. The van der Waals surface area contributed by atoms with Crippen molar-refractivity contribution in [3.05, 3.63) is 43.3 Å². The van der Waals surface area contributed by atoms with Gasteiger partial charge in [0.15, 0.2) is 11.5 Å². The average Bonchev–Trinajstić information content (AvgIpc) is 3.12. The molecule has 0 saturated heterocycles. The summed E-state index contributed by atoms with van der Waals surface area (Å²) >= 11 is 1.11. The number of thiazole rings is 1. The molecule has 1 aromatic carbocycles. The van der Waals surface area contributed by atoms with E-state index in [0.717, 1.165) is 16.9 Å². The summed E-state index contributed by atoms with van der Waals surface area (Å²) in [7, 11) is 3.10. The lowest BCUT2D eigenvalue weighted by molar-refractivity contribution is -0.136. The number of benzene rings is 1. The summed E-state index contributed by atoms with van der Waals surface area (Å²) in [6, 6.07) is 5.38. The molecule has 11 heteroatoms. The molecule has 0 spiro atoms. The first kappa shape index (κ1) is 26.5. The molecule has 1 amide bonds. The zero-order valence-electron chi connectivity index (χ0n) is 20.1. The van der Waals surface area contributed by atoms with E-state index in [4.69, 9.17) is 23.7 Å². The number of methoxy groups -OCH3 is 2. The van der Waals surface area contributed by atoms with Gasteiger partial charge in [0.2, 0.25) is 5.91 Å². The standard InChI is InChI=1S/C24H30N2O8S/c1-4-32-23(28)15-22-26(16-21(27)25(7-9-30-2)8-10-31-3)24(29)20(35-22)14-17-5-6-18-19(13-17)34-12-11-33-18/h5-6,13-15H,4,7-12,16H2,1-3H3/b20-14-,22-15+. The minimum Gasteiger partial charge on any atom is -0.486 e. The highest BCUT2D eigenvalue weighted by atomic mass is 32.1. The summed E-state index contributed by atoms with van der Waals surface area (Å²) in [5.41, 5.74) is 0.350. The fraction of sp³-hybridized carbons (Fsp3) is 0.458. The number of aromatic nitrogens is 1. The smallest absolute Gasteiger partial charge is 0.333 e. The zero-order valence-corrected chi connectivity index (χ0v) is 20.9. The number of ether oxygens (including phenoxy) is 5. The Bertz CT molecular complexity index is 1200. The van der Waals surface area contributed by atoms with Gasteiger partial charge in [0.1, 0.15) is 24.4 Å². The maximum Gasteiger partial charge on any atom is 0.333 e. The van der Waals surface area contributed by atoms with Crippen molar-refractivity contribution in [1.29, 1.82) is 0 Å². The number of amides is 1. The molecule has 2 aromatic rings. The lowest BCUT2D eigenvalue weighted by Gasteiger charge is -2.22. The molecular weight excluding hydrogens is 476 g/mol. The van der Waals surface area contributed by atoms with Crippen molar-refractivity contribution in [1.82, 2.24) is 9.47 Å². The van der Waals surface area contributed by atoms with Crippen molar-refractivity contribution in [3.8, 4) is 11.5 Å². The number of carbonyl (C=O) groups is 2. The van der Waals surface area contributed by atoms with E-state index in [-0.39, 0.29) is 24.6 Å². The van der Waals surface area contributed by atoms with Gasteiger partial charge in [-0.15, -0.1) is 11.3 Å². The Balaban J connectivity index is 2.00. The van der Waals surface area contributed by atoms with E-state index in [0.29, 0.717) is 60.2 Å². The van der Waals surface area contributed by atoms with Gasteiger partial charge in [-0.3, -0.25) is 14.2 Å². The van der Waals surface area contributed by atoms with Gasteiger partial charge in [0, 0.05) is 27.3 Å². The molecule has 0 unspecified atom stereocenters. The van der Waals surface area contributed by atoms with E-state index in [1.54, 1.807) is 44.3 Å². The second-order valence-corrected chi connectivity index (χ2v) is 8.57. The summed E-state index contributed by atoms with van der Waals surface area (Å²) in [4.78, 5) is 40.1. The lowest BCUT2D eigenvalue weighted by Crippen LogP contribution is -2.43. The Morgan fingerprint density at radius 2 is 1.80 bits per heavy atom.